The van der Waals surface area contributed by atoms with Crippen LogP contribution < -0.4 is 4.74 Å². The number of hydrogen-bond acceptors (Lipinski definition) is 5. The smallest absolute Gasteiger partial charge is 0.323 e. The third kappa shape index (κ3) is 3.15. The lowest BCUT2D eigenvalue weighted by molar-refractivity contribution is -0.385. The molecule has 1 heterocycles. The molecule has 5 nitrogen and oxygen atoms in total. The first-order chi connectivity index (χ1) is 9.51. The molecule has 0 saturated heterocycles. The molecule has 0 aliphatic heterocycles. The first-order valence-electron chi connectivity index (χ1n) is 6.24. The molecule has 0 fully saturated rings. The molecule has 0 saturated carbocycles. The van der Waals surface area contributed by atoms with Gasteiger partial charge in [0.25, 0.3) is 5.06 Å². The minimum absolute atomic E-state index is 0.120. The predicted molar refractivity (Wildman–Crippen MR) is 77.5 cm³/mol. The van der Waals surface area contributed by atoms with Gasteiger partial charge in [-0.3, -0.25) is 10.1 Å². The minimum atomic E-state index is -0.751. The van der Waals surface area contributed by atoms with Gasteiger partial charge < -0.3 is 9.84 Å². The summed E-state index contributed by atoms with van der Waals surface area (Å²) in [6.45, 7) is 3.62. The van der Waals surface area contributed by atoms with Crippen LogP contribution in [0.1, 0.15) is 30.4 Å². The Hall–Kier alpha value is -1.92. The summed E-state index contributed by atoms with van der Waals surface area (Å²) in [5.41, 5.74) is 1.05. The van der Waals surface area contributed by atoms with Crippen molar-refractivity contribution < 1.29 is 14.8 Å². The van der Waals surface area contributed by atoms with E-state index in [1.807, 2.05) is 12.1 Å². The van der Waals surface area contributed by atoms with Gasteiger partial charge in [-0.15, -0.1) is 0 Å². The van der Waals surface area contributed by atoms with Crippen molar-refractivity contribution in [2.45, 2.75) is 26.4 Å². The Balaban J connectivity index is 2.29. The molecule has 0 radical (unpaired) electrons. The molecule has 106 valence electrons. The van der Waals surface area contributed by atoms with Gasteiger partial charge in [0.15, 0.2) is 0 Å². The second-order valence-corrected chi connectivity index (χ2v) is 5.40. The summed E-state index contributed by atoms with van der Waals surface area (Å²) in [5.74, 6) is 0.546. The number of hydrogen-bond donors (Lipinski definition) is 1. The van der Waals surface area contributed by atoms with Crippen LogP contribution in [0.3, 0.4) is 0 Å². The van der Waals surface area contributed by atoms with Gasteiger partial charge in [-0.05, 0) is 31.0 Å². The van der Waals surface area contributed by atoms with Crippen LogP contribution in [0.5, 0.6) is 10.8 Å². The van der Waals surface area contributed by atoms with Crippen molar-refractivity contribution in [1.29, 1.82) is 0 Å². The van der Waals surface area contributed by atoms with Crippen LogP contribution in [0.15, 0.2) is 30.3 Å². The summed E-state index contributed by atoms with van der Waals surface area (Å²) in [6, 6.07) is 8.76. The van der Waals surface area contributed by atoms with Crippen molar-refractivity contribution >= 4 is 17.0 Å². The number of nitrogens with zero attached hydrogens (tertiary/aromatic N) is 1. The molecule has 1 aromatic carbocycles. The van der Waals surface area contributed by atoms with Gasteiger partial charge in [0.1, 0.15) is 5.75 Å². The van der Waals surface area contributed by atoms with Crippen LogP contribution in [-0.4, -0.2) is 10.0 Å². The molecule has 2 rings (SSSR count). The van der Waals surface area contributed by atoms with E-state index in [4.69, 9.17) is 4.74 Å². The molecule has 6 heteroatoms. The SMILES string of the molecule is CCc1ccc(Oc2sc(C(C)O)cc2[N+](=O)[O-])cc1. The number of nitro groups is 1. The number of aliphatic hydroxyl groups is 1. The standard InChI is InChI=1S/C14H15NO4S/c1-3-10-4-6-11(7-5-10)19-14-12(15(17)18)8-13(20-14)9(2)16/h4-9,16H,3H2,1-2H3. The average Bonchev–Trinajstić information content (AvgIpc) is 2.84. The fourth-order valence-electron chi connectivity index (χ4n) is 1.69. The highest BCUT2D eigenvalue weighted by molar-refractivity contribution is 7.14. The topological polar surface area (TPSA) is 72.6 Å². The fourth-order valence-corrected chi connectivity index (χ4v) is 2.62. The fraction of sp³-hybridized carbons (Fsp3) is 0.286. The molecule has 1 N–H and O–H groups in total. The Morgan fingerprint density at radius 2 is 2.05 bits per heavy atom. The first kappa shape index (κ1) is 14.5. The second kappa shape index (κ2) is 6.02. The van der Waals surface area contributed by atoms with Crippen LogP contribution >= 0.6 is 11.3 Å². The van der Waals surface area contributed by atoms with E-state index in [2.05, 4.69) is 6.92 Å². The van der Waals surface area contributed by atoms with Crippen LogP contribution in [0.2, 0.25) is 0 Å². The molecule has 1 atom stereocenters. The number of benzene rings is 1. The highest BCUT2D eigenvalue weighted by Gasteiger charge is 2.22. The molecule has 1 unspecified atom stereocenters. The van der Waals surface area contributed by atoms with Crippen LogP contribution in [0, 0.1) is 10.1 Å². The zero-order valence-electron chi connectivity index (χ0n) is 11.2. The zero-order chi connectivity index (χ0) is 14.7. The largest absolute Gasteiger partial charge is 0.440 e. The lowest BCUT2D eigenvalue weighted by atomic mass is 10.2. The van der Waals surface area contributed by atoms with Crippen molar-refractivity contribution in [2.75, 3.05) is 0 Å². The lowest BCUT2D eigenvalue weighted by Crippen LogP contribution is -1.89. The minimum Gasteiger partial charge on any atom is -0.440 e. The van der Waals surface area contributed by atoms with Crippen molar-refractivity contribution in [1.82, 2.24) is 0 Å². The number of thiophene rings is 1. The number of aliphatic hydroxyl groups excluding tert-OH is 1. The van der Waals surface area contributed by atoms with Crippen molar-refractivity contribution in [3.05, 3.63) is 50.9 Å². The molecule has 0 bridgehead atoms. The molecular weight excluding hydrogens is 278 g/mol. The molecule has 1 aromatic heterocycles. The summed E-state index contributed by atoms with van der Waals surface area (Å²) < 4.78 is 5.57. The Bertz CT molecular complexity index is 604. The summed E-state index contributed by atoms with van der Waals surface area (Å²) in [6.07, 6.45) is 0.171. The van der Waals surface area contributed by atoms with E-state index < -0.39 is 11.0 Å². The molecule has 0 aliphatic carbocycles. The molecule has 0 amide bonds. The van der Waals surface area contributed by atoms with Gasteiger partial charge in [-0.25, -0.2) is 0 Å². The highest BCUT2D eigenvalue weighted by atomic mass is 32.1. The maximum absolute atomic E-state index is 11.0. The summed E-state index contributed by atoms with van der Waals surface area (Å²) in [4.78, 5) is 11.0. The monoisotopic (exact) mass is 293 g/mol. The summed E-state index contributed by atoms with van der Waals surface area (Å²) in [5, 5.41) is 20.7. The second-order valence-electron chi connectivity index (χ2n) is 4.35. The summed E-state index contributed by atoms with van der Waals surface area (Å²) >= 11 is 1.09. The van der Waals surface area contributed by atoms with Gasteiger partial charge >= 0.3 is 5.69 Å². The Morgan fingerprint density at radius 3 is 2.55 bits per heavy atom. The van der Waals surface area contributed by atoms with Crippen LogP contribution in [-0.2, 0) is 6.42 Å². The van der Waals surface area contributed by atoms with Crippen molar-refractivity contribution in [3.63, 3.8) is 0 Å². The van der Waals surface area contributed by atoms with Gasteiger partial charge in [-0.2, -0.15) is 0 Å². The summed E-state index contributed by atoms with van der Waals surface area (Å²) in [7, 11) is 0. The van der Waals surface area contributed by atoms with Gasteiger partial charge in [0.2, 0.25) is 0 Å². The molecule has 2 aromatic rings. The van der Waals surface area contributed by atoms with E-state index >= 15 is 0 Å². The maximum Gasteiger partial charge on any atom is 0.323 e. The van der Waals surface area contributed by atoms with Crippen molar-refractivity contribution in [3.8, 4) is 10.8 Å². The third-order valence-electron chi connectivity index (χ3n) is 2.85. The normalized spacial score (nSPS) is 12.2. The lowest BCUT2D eigenvalue weighted by Gasteiger charge is -2.03. The van der Waals surface area contributed by atoms with Crippen LogP contribution in [0.25, 0.3) is 0 Å². The van der Waals surface area contributed by atoms with Crippen molar-refractivity contribution in [2.24, 2.45) is 0 Å². The zero-order valence-corrected chi connectivity index (χ0v) is 12.0. The number of ether oxygens (including phenoxy) is 1. The Morgan fingerprint density at radius 1 is 1.40 bits per heavy atom. The van der Waals surface area contributed by atoms with E-state index in [1.165, 1.54) is 11.6 Å². The van der Waals surface area contributed by atoms with E-state index in [0.29, 0.717) is 10.6 Å². The third-order valence-corrected chi connectivity index (χ3v) is 4.02. The molecule has 20 heavy (non-hydrogen) atoms. The molecule has 0 aliphatic rings. The maximum atomic E-state index is 11.0. The first-order valence-corrected chi connectivity index (χ1v) is 7.06. The predicted octanol–water partition coefficient (Wildman–Crippen LogP) is 4.06. The Kier molecular flexibility index (Phi) is 4.36. The van der Waals surface area contributed by atoms with Crippen LogP contribution in [0.4, 0.5) is 5.69 Å². The molecule has 0 spiro atoms. The van der Waals surface area contributed by atoms with E-state index in [9.17, 15) is 15.2 Å². The van der Waals surface area contributed by atoms with E-state index in [1.54, 1.807) is 19.1 Å². The highest BCUT2D eigenvalue weighted by Crippen LogP contribution is 2.41. The van der Waals surface area contributed by atoms with Gasteiger partial charge in [-0.1, -0.05) is 30.4 Å². The number of rotatable bonds is 5. The molecular formula is C14H15NO4S. The van der Waals surface area contributed by atoms with E-state index in [-0.39, 0.29) is 10.8 Å². The number of aryl methyl sites for hydroxylation is 1. The van der Waals surface area contributed by atoms with E-state index in [0.717, 1.165) is 17.8 Å². The van der Waals surface area contributed by atoms with Gasteiger partial charge in [0.05, 0.1) is 11.0 Å². The Labute approximate surface area is 120 Å². The quantitative estimate of drug-likeness (QED) is 0.666. The average molecular weight is 293 g/mol. The van der Waals surface area contributed by atoms with Gasteiger partial charge in [0, 0.05) is 10.9 Å².